The highest BCUT2D eigenvalue weighted by Gasteiger charge is 2.29. The number of nitrogens with one attached hydrogen (secondary N) is 1. The van der Waals surface area contributed by atoms with Gasteiger partial charge in [0.25, 0.3) is 0 Å². The molecule has 3 rings (SSSR count). The number of anilines is 1. The lowest BCUT2D eigenvalue weighted by Gasteiger charge is -2.27. The van der Waals surface area contributed by atoms with Gasteiger partial charge in [-0.05, 0) is 29.8 Å². The molecule has 1 aliphatic rings. The summed E-state index contributed by atoms with van der Waals surface area (Å²) in [6.45, 7) is 1.64. The van der Waals surface area contributed by atoms with Crippen molar-refractivity contribution in [2.45, 2.75) is 13.3 Å². The van der Waals surface area contributed by atoms with Gasteiger partial charge in [-0.25, -0.2) is 9.40 Å². The van der Waals surface area contributed by atoms with Gasteiger partial charge in [0.2, 0.25) is 11.8 Å². The summed E-state index contributed by atoms with van der Waals surface area (Å²) in [6.07, 6.45) is 0.541. The van der Waals surface area contributed by atoms with Crippen LogP contribution in [-0.4, -0.2) is 29.1 Å². The smallest absolute Gasteiger partial charge is 0.246 e. The maximum absolute atomic E-state index is 12.9. The van der Waals surface area contributed by atoms with Crippen molar-refractivity contribution in [3.05, 3.63) is 66.0 Å². The van der Waals surface area contributed by atoms with Crippen molar-refractivity contribution in [2.24, 2.45) is 11.0 Å². The van der Waals surface area contributed by atoms with Gasteiger partial charge in [-0.1, -0.05) is 37.3 Å². The highest BCUT2D eigenvalue weighted by atomic mass is 19.1. The van der Waals surface area contributed by atoms with Crippen molar-refractivity contribution >= 4 is 23.2 Å². The van der Waals surface area contributed by atoms with Gasteiger partial charge in [0.15, 0.2) is 0 Å². The van der Waals surface area contributed by atoms with E-state index >= 15 is 0 Å². The van der Waals surface area contributed by atoms with Gasteiger partial charge in [0.05, 0.1) is 5.71 Å². The van der Waals surface area contributed by atoms with Gasteiger partial charge < -0.3 is 5.32 Å². The number of carbonyl (C=O) groups is 2. The minimum Gasteiger partial charge on any atom is -0.324 e. The summed E-state index contributed by atoms with van der Waals surface area (Å²) in [5, 5.41) is 8.20. The second kappa shape index (κ2) is 7.25. The second-order valence-corrected chi connectivity index (χ2v) is 5.97. The zero-order valence-electron chi connectivity index (χ0n) is 13.8. The fourth-order valence-electron chi connectivity index (χ4n) is 2.66. The first-order valence-electron chi connectivity index (χ1n) is 8.02. The number of carbonyl (C=O) groups excluding carboxylic acids is 2. The van der Waals surface area contributed by atoms with Crippen LogP contribution < -0.4 is 5.32 Å². The molecule has 0 saturated carbocycles. The van der Waals surface area contributed by atoms with Crippen molar-refractivity contribution in [2.75, 3.05) is 11.9 Å². The lowest BCUT2D eigenvalue weighted by molar-refractivity contribution is -0.138. The van der Waals surface area contributed by atoms with Crippen LogP contribution in [0.3, 0.4) is 0 Å². The van der Waals surface area contributed by atoms with E-state index in [0.717, 1.165) is 11.3 Å². The van der Waals surface area contributed by atoms with Crippen LogP contribution in [0.4, 0.5) is 10.1 Å². The molecule has 0 spiro atoms. The SMILES string of the molecule is C[C@H]1CC(c2ccccc2)=NN(CC(=O)Nc2ccc(F)cc2)C1=O. The molecule has 1 heterocycles. The predicted molar refractivity (Wildman–Crippen MR) is 93.5 cm³/mol. The Morgan fingerprint density at radius 2 is 1.88 bits per heavy atom. The van der Waals surface area contributed by atoms with Gasteiger partial charge in [-0.15, -0.1) is 0 Å². The van der Waals surface area contributed by atoms with Crippen LogP contribution in [0.5, 0.6) is 0 Å². The van der Waals surface area contributed by atoms with E-state index in [1.807, 2.05) is 37.3 Å². The van der Waals surface area contributed by atoms with Gasteiger partial charge in [0, 0.05) is 18.0 Å². The molecule has 128 valence electrons. The molecular formula is C19H18FN3O2. The summed E-state index contributed by atoms with van der Waals surface area (Å²) >= 11 is 0. The molecule has 0 unspecified atom stereocenters. The van der Waals surface area contributed by atoms with Crippen LogP contribution in [0.25, 0.3) is 0 Å². The largest absolute Gasteiger partial charge is 0.324 e. The second-order valence-electron chi connectivity index (χ2n) is 5.97. The lowest BCUT2D eigenvalue weighted by Crippen LogP contribution is -2.41. The third kappa shape index (κ3) is 4.09. The number of amides is 2. The van der Waals surface area contributed by atoms with Gasteiger partial charge in [0.1, 0.15) is 12.4 Å². The normalized spacial score (nSPS) is 17.2. The monoisotopic (exact) mass is 339 g/mol. The highest BCUT2D eigenvalue weighted by Crippen LogP contribution is 2.20. The van der Waals surface area contributed by atoms with Crippen LogP contribution in [-0.2, 0) is 9.59 Å². The van der Waals surface area contributed by atoms with Gasteiger partial charge in [-0.2, -0.15) is 5.10 Å². The van der Waals surface area contributed by atoms with Crippen LogP contribution >= 0.6 is 0 Å². The van der Waals surface area contributed by atoms with Crippen molar-refractivity contribution < 1.29 is 14.0 Å². The van der Waals surface area contributed by atoms with Crippen LogP contribution in [0.15, 0.2) is 59.7 Å². The fraction of sp³-hybridized carbons (Fsp3) is 0.211. The molecule has 25 heavy (non-hydrogen) atoms. The molecular weight excluding hydrogens is 321 g/mol. The summed E-state index contributed by atoms with van der Waals surface area (Å²) in [7, 11) is 0. The Bertz CT molecular complexity index is 803. The van der Waals surface area contributed by atoms with Gasteiger partial charge in [-0.3, -0.25) is 9.59 Å². The first-order valence-corrected chi connectivity index (χ1v) is 8.02. The van der Waals surface area contributed by atoms with Crippen molar-refractivity contribution in [1.29, 1.82) is 0 Å². The number of hydrogen-bond acceptors (Lipinski definition) is 3. The molecule has 0 aromatic heterocycles. The highest BCUT2D eigenvalue weighted by molar-refractivity contribution is 6.05. The average Bonchev–Trinajstić information content (AvgIpc) is 2.61. The Morgan fingerprint density at radius 1 is 1.20 bits per heavy atom. The Morgan fingerprint density at radius 3 is 2.56 bits per heavy atom. The molecule has 2 aromatic rings. The topological polar surface area (TPSA) is 61.8 Å². The summed E-state index contributed by atoms with van der Waals surface area (Å²) in [6, 6.07) is 15.0. The van der Waals surface area contributed by atoms with Crippen LogP contribution in [0.1, 0.15) is 18.9 Å². The van der Waals surface area contributed by atoms with E-state index < -0.39 is 0 Å². The van der Waals surface area contributed by atoms with E-state index in [9.17, 15) is 14.0 Å². The third-order valence-electron chi connectivity index (χ3n) is 3.95. The molecule has 0 saturated heterocycles. The molecule has 6 heteroatoms. The van der Waals surface area contributed by atoms with E-state index in [0.29, 0.717) is 12.1 Å². The zero-order chi connectivity index (χ0) is 17.8. The first kappa shape index (κ1) is 16.8. The molecule has 2 aromatic carbocycles. The summed E-state index contributed by atoms with van der Waals surface area (Å²) in [4.78, 5) is 24.5. The van der Waals surface area contributed by atoms with E-state index in [2.05, 4.69) is 10.4 Å². The number of benzene rings is 2. The minimum atomic E-state index is -0.384. The summed E-state index contributed by atoms with van der Waals surface area (Å²) in [5.41, 5.74) is 2.18. The maximum atomic E-state index is 12.9. The fourth-order valence-corrected chi connectivity index (χ4v) is 2.66. The molecule has 5 nitrogen and oxygen atoms in total. The van der Waals surface area contributed by atoms with Crippen LogP contribution in [0.2, 0.25) is 0 Å². The number of hydrazone groups is 1. The maximum Gasteiger partial charge on any atom is 0.246 e. The summed E-state index contributed by atoms with van der Waals surface area (Å²) < 4.78 is 12.9. The molecule has 2 amide bonds. The predicted octanol–water partition coefficient (Wildman–Crippen LogP) is 3.04. The van der Waals surface area contributed by atoms with E-state index in [1.165, 1.54) is 29.3 Å². The lowest BCUT2D eigenvalue weighted by atomic mass is 9.96. The van der Waals surface area contributed by atoms with E-state index in [1.54, 1.807) is 0 Å². The van der Waals surface area contributed by atoms with Crippen molar-refractivity contribution in [3.8, 4) is 0 Å². The molecule has 1 atom stereocenters. The van der Waals surface area contributed by atoms with Crippen LogP contribution in [0, 0.1) is 11.7 Å². The molecule has 1 aliphatic heterocycles. The molecule has 1 N–H and O–H groups in total. The van der Waals surface area contributed by atoms with E-state index in [4.69, 9.17) is 0 Å². The molecule has 0 bridgehead atoms. The third-order valence-corrected chi connectivity index (χ3v) is 3.95. The average molecular weight is 339 g/mol. The Balaban J connectivity index is 1.74. The number of rotatable bonds is 4. The quantitative estimate of drug-likeness (QED) is 0.931. The minimum absolute atomic E-state index is 0.184. The van der Waals surface area contributed by atoms with Gasteiger partial charge >= 0.3 is 0 Å². The Hall–Kier alpha value is -3.02. The number of hydrogen-bond donors (Lipinski definition) is 1. The van der Waals surface area contributed by atoms with Crippen molar-refractivity contribution in [1.82, 2.24) is 5.01 Å². The Kier molecular flexibility index (Phi) is 4.88. The molecule has 0 aliphatic carbocycles. The standard InChI is InChI=1S/C19H18FN3O2/c1-13-11-17(14-5-3-2-4-6-14)22-23(19(13)25)12-18(24)21-16-9-7-15(20)8-10-16/h2-10,13H,11-12H2,1H3,(H,21,24)/t13-/m0/s1. The Labute approximate surface area is 145 Å². The number of nitrogens with zero attached hydrogens (tertiary/aromatic N) is 2. The first-order chi connectivity index (χ1) is 12.0. The molecule has 0 radical (unpaired) electrons. The summed E-state index contributed by atoms with van der Waals surface area (Å²) in [5.74, 6) is -1.19. The zero-order valence-corrected chi connectivity index (χ0v) is 13.8. The van der Waals surface area contributed by atoms with Crippen molar-refractivity contribution in [3.63, 3.8) is 0 Å². The molecule has 0 fully saturated rings. The number of halogens is 1. The van der Waals surface area contributed by atoms with E-state index in [-0.39, 0.29) is 30.1 Å².